The van der Waals surface area contributed by atoms with Gasteiger partial charge in [-0.05, 0) is 37.5 Å². The number of hydroxylamine groups is 1. The van der Waals surface area contributed by atoms with Crippen LogP contribution in [-0.4, -0.2) is 25.0 Å². The third kappa shape index (κ3) is 4.07. The van der Waals surface area contributed by atoms with Gasteiger partial charge in [0.05, 0.1) is 12.5 Å². The molecular formula is C17H24N2O3. The number of carbonyl (C=O) groups is 2. The Labute approximate surface area is 131 Å². The number of aryl methyl sites for hydroxylation is 1. The normalized spacial score (nSPS) is 17.8. The molecule has 2 rings (SSSR count). The van der Waals surface area contributed by atoms with Crippen LogP contribution in [0.2, 0.25) is 0 Å². The SMILES string of the molecule is CCCCc1ccc(N2CC(C(=O)NOCC)CC2=O)cc1. The van der Waals surface area contributed by atoms with Crippen molar-refractivity contribution in [1.29, 1.82) is 0 Å². The summed E-state index contributed by atoms with van der Waals surface area (Å²) in [5.74, 6) is -0.589. The van der Waals surface area contributed by atoms with Gasteiger partial charge in [-0.15, -0.1) is 0 Å². The lowest BCUT2D eigenvalue weighted by Crippen LogP contribution is -2.33. The number of benzene rings is 1. The summed E-state index contributed by atoms with van der Waals surface area (Å²) in [6.07, 6.45) is 3.63. The van der Waals surface area contributed by atoms with E-state index in [1.807, 2.05) is 12.1 Å². The van der Waals surface area contributed by atoms with Gasteiger partial charge in [0.1, 0.15) is 0 Å². The lowest BCUT2D eigenvalue weighted by Gasteiger charge is -2.17. The first kappa shape index (κ1) is 16.5. The highest BCUT2D eigenvalue weighted by Gasteiger charge is 2.35. The van der Waals surface area contributed by atoms with Crippen molar-refractivity contribution in [2.75, 3.05) is 18.1 Å². The highest BCUT2D eigenvalue weighted by atomic mass is 16.6. The van der Waals surface area contributed by atoms with Gasteiger partial charge < -0.3 is 4.90 Å². The molecule has 1 saturated heterocycles. The van der Waals surface area contributed by atoms with E-state index in [1.165, 1.54) is 18.4 Å². The lowest BCUT2D eigenvalue weighted by atomic mass is 10.1. The van der Waals surface area contributed by atoms with Crippen molar-refractivity contribution < 1.29 is 14.4 Å². The second-order valence-electron chi connectivity index (χ2n) is 5.57. The molecule has 1 aliphatic rings. The number of rotatable bonds is 7. The lowest BCUT2D eigenvalue weighted by molar-refractivity contribution is -0.137. The van der Waals surface area contributed by atoms with E-state index < -0.39 is 0 Å². The molecule has 0 spiro atoms. The number of unbranched alkanes of at least 4 members (excludes halogenated alkanes) is 1. The zero-order valence-electron chi connectivity index (χ0n) is 13.3. The molecule has 1 N–H and O–H groups in total. The summed E-state index contributed by atoms with van der Waals surface area (Å²) in [5, 5.41) is 0. The largest absolute Gasteiger partial charge is 0.312 e. The number of carbonyl (C=O) groups excluding carboxylic acids is 2. The van der Waals surface area contributed by atoms with Gasteiger partial charge in [-0.2, -0.15) is 0 Å². The van der Waals surface area contributed by atoms with Crippen molar-refractivity contribution in [3.05, 3.63) is 29.8 Å². The molecule has 120 valence electrons. The standard InChI is InChI=1S/C17H24N2O3/c1-3-5-6-13-7-9-15(10-8-13)19-12-14(11-16(19)20)17(21)18-22-4-2/h7-10,14H,3-6,11-12H2,1-2H3,(H,18,21). The second-order valence-corrected chi connectivity index (χ2v) is 5.57. The Morgan fingerprint density at radius 3 is 2.68 bits per heavy atom. The van der Waals surface area contributed by atoms with Crippen molar-refractivity contribution in [3.63, 3.8) is 0 Å². The van der Waals surface area contributed by atoms with Gasteiger partial charge in [0.2, 0.25) is 11.8 Å². The molecule has 1 aromatic rings. The third-order valence-corrected chi connectivity index (χ3v) is 3.88. The van der Waals surface area contributed by atoms with Gasteiger partial charge in [-0.3, -0.25) is 14.4 Å². The smallest absolute Gasteiger partial charge is 0.248 e. The third-order valence-electron chi connectivity index (χ3n) is 3.88. The topological polar surface area (TPSA) is 58.6 Å². The Bertz CT molecular complexity index is 513. The van der Waals surface area contributed by atoms with Crippen molar-refractivity contribution in [3.8, 4) is 0 Å². The van der Waals surface area contributed by atoms with Gasteiger partial charge in [-0.25, -0.2) is 5.48 Å². The van der Waals surface area contributed by atoms with E-state index in [2.05, 4.69) is 24.5 Å². The van der Waals surface area contributed by atoms with Gasteiger partial charge in [-0.1, -0.05) is 25.5 Å². The summed E-state index contributed by atoms with van der Waals surface area (Å²) < 4.78 is 0. The van der Waals surface area contributed by atoms with E-state index in [0.29, 0.717) is 13.2 Å². The summed E-state index contributed by atoms with van der Waals surface area (Å²) in [4.78, 5) is 30.6. The summed E-state index contributed by atoms with van der Waals surface area (Å²) in [6, 6.07) is 8.05. The number of hydrogen-bond donors (Lipinski definition) is 1. The van der Waals surface area contributed by atoms with Crippen LogP contribution >= 0.6 is 0 Å². The van der Waals surface area contributed by atoms with E-state index >= 15 is 0 Å². The molecule has 1 aliphatic heterocycles. The Morgan fingerprint density at radius 1 is 1.32 bits per heavy atom. The summed E-state index contributed by atoms with van der Waals surface area (Å²) in [6.45, 7) is 4.79. The minimum absolute atomic E-state index is 0.0158. The first-order chi connectivity index (χ1) is 10.7. The van der Waals surface area contributed by atoms with Crippen LogP contribution in [0.1, 0.15) is 38.7 Å². The molecule has 0 aliphatic carbocycles. The highest BCUT2D eigenvalue weighted by Crippen LogP contribution is 2.25. The van der Waals surface area contributed by atoms with Gasteiger partial charge in [0.15, 0.2) is 0 Å². The molecule has 0 bridgehead atoms. The van der Waals surface area contributed by atoms with Gasteiger partial charge >= 0.3 is 0 Å². The summed E-state index contributed by atoms with van der Waals surface area (Å²) >= 11 is 0. The second kappa shape index (κ2) is 7.94. The van der Waals surface area contributed by atoms with Crippen molar-refractivity contribution in [2.24, 2.45) is 5.92 Å². The Morgan fingerprint density at radius 2 is 2.05 bits per heavy atom. The van der Waals surface area contributed by atoms with E-state index in [0.717, 1.165) is 12.1 Å². The fourth-order valence-electron chi connectivity index (χ4n) is 2.58. The van der Waals surface area contributed by atoms with Crippen LogP contribution in [0.5, 0.6) is 0 Å². The van der Waals surface area contributed by atoms with E-state index in [4.69, 9.17) is 4.84 Å². The predicted molar refractivity (Wildman–Crippen MR) is 85.3 cm³/mol. The van der Waals surface area contributed by atoms with Crippen LogP contribution in [0.15, 0.2) is 24.3 Å². The Hall–Kier alpha value is -1.88. The quantitative estimate of drug-likeness (QED) is 0.787. The average molecular weight is 304 g/mol. The zero-order valence-corrected chi connectivity index (χ0v) is 13.3. The van der Waals surface area contributed by atoms with Crippen molar-refractivity contribution >= 4 is 17.5 Å². The molecule has 0 aromatic heterocycles. The minimum atomic E-state index is -0.348. The molecule has 1 aromatic carbocycles. The van der Waals surface area contributed by atoms with E-state index in [-0.39, 0.29) is 24.2 Å². The van der Waals surface area contributed by atoms with Crippen molar-refractivity contribution in [1.82, 2.24) is 5.48 Å². The van der Waals surface area contributed by atoms with Gasteiger partial charge in [0, 0.05) is 18.7 Å². The number of hydrogen-bond acceptors (Lipinski definition) is 3. The number of anilines is 1. The number of nitrogens with zero attached hydrogens (tertiary/aromatic N) is 1. The highest BCUT2D eigenvalue weighted by molar-refractivity contribution is 6.00. The van der Waals surface area contributed by atoms with E-state index in [9.17, 15) is 9.59 Å². The van der Waals surface area contributed by atoms with Crippen LogP contribution in [0.25, 0.3) is 0 Å². The monoisotopic (exact) mass is 304 g/mol. The molecular weight excluding hydrogens is 280 g/mol. The predicted octanol–water partition coefficient (Wildman–Crippen LogP) is 2.45. The molecule has 0 saturated carbocycles. The van der Waals surface area contributed by atoms with Crippen LogP contribution in [0.3, 0.4) is 0 Å². The Kier molecular flexibility index (Phi) is 5.95. The molecule has 5 heteroatoms. The summed E-state index contributed by atoms with van der Waals surface area (Å²) in [7, 11) is 0. The molecule has 2 amide bonds. The summed E-state index contributed by atoms with van der Waals surface area (Å²) in [5.41, 5.74) is 4.52. The number of amides is 2. The maximum absolute atomic E-state index is 12.1. The van der Waals surface area contributed by atoms with Crippen LogP contribution in [0, 0.1) is 5.92 Å². The fourth-order valence-corrected chi connectivity index (χ4v) is 2.58. The first-order valence-corrected chi connectivity index (χ1v) is 7.96. The van der Waals surface area contributed by atoms with Crippen LogP contribution < -0.4 is 10.4 Å². The van der Waals surface area contributed by atoms with Crippen LogP contribution in [0.4, 0.5) is 5.69 Å². The molecule has 1 unspecified atom stereocenters. The minimum Gasteiger partial charge on any atom is -0.312 e. The number of nitrogens with one attached hydrogen (secondary N) is 1. The molecule has 0 radical (unpaired) electrons. The van der Waals surface area contributed by atoms with E-state index in [1.54, 1.807) is 11.8 Å². The molecule has 1 fully saturated rings. The molecule has 1 atom stereocenters. The Balaban J connectivity index is 1.97. The maximum Gasteiger partial charge on any atom is 0.248 e. The zero-order chi connectivity index (χ0) is 15.9. The van der Waals surface area contributed by atoms with Crippen molar-refractivity contribution in [2.45, 2.75) is 39.5 Å². The molecule has 5 nitrogen and oxygen atoms in total. The molecule has 22 heavy (non-hydrogen) atoms. The fraction of sp³-hybridized carbons (Fsp3) is 0.529. The average Bonchev–Trinajstić information content (AvgIpc) is 2.93. The molecule has 1 heterocycles. The maximum atomic E-state index is 12.1. The van der Waals surface area contributed by atoms with Gasteiger partial charge in [0.25, 0.3) is 0 Å². The first-order valence-electron chi connectivity index (χ1n) is 7.96. The van der Waals surface area contributed by atoms with Crippen LogP contribution in [-0.2, 0) is 20.8 Å².